The summed E-state index contributed by atoms with van der Waals surface area (Å²) in [5, 5.41) is 2.85. The molecular formula is C27H22BrClF2N2O3. The highest BCUT2D eigenvalue weighted by Gasteiger charge is 2.19. The number of halogens is 4. The van der Waals surface area contributed by atoms with Crippen LogP contribution in [-0.4, -0.2) is 23.8 Å². The van der Waals surface area contributed by atoms with Crippen molar-refractivity contribution in [2.24, 2.45) is 5.73 Å². The molecular weight excluding hydrogens is 554 g/mol. The van der Waals surface area contributed by atoms with E-state index in [0.717, 1.165) is 6.07 Å². The summed E-state index contributed by atoms with van der Waals surface area (Å²) in [4.78, 5) is 25.5. The number of rotatable bonds is 6. The summed E-state index contributed by atoms with van der Waals surface area (Å²) < 4.78 is 34.5. The molecule has 0 saturated heterocycles. The van der Waals surface area contributed by atoms with Crippen molar-refractivity contribution in [3.05, 3.63) is 91.9 Å². The molecule has 0 unspecified atom stereocenters. The van der Waals surface area contributed by atoms with Crippen LogP contribution in [0, 0.1) is 30.4 Å². The van der Waals surface area contributed by atoms with Crippen molar-refractivity contribution in [3.8, 4) is 17.6 Å². The predicted molar refractivity (Wildman–Crippen MR) is 139 cm³/mol. The molecule has 3 aromatic rings. The lowest BCUT2D eigenvalue weighted by atomic mass is 10.0. The fourth-order valence-electron chi connectivity index (χ4n) is 3.12. The van der Waals surface area contributed by atoms with Crippen LogP contribution in [0.25, 0.3) is 0 Å². The fourth-order valence-corrected chi connectivity index (χ4v) is 3.76. The molecule has 0 bridgehead atoms. The number of benzene rings is 3. The minimum Gasteiger partial charge on any atom is -0.483 e. The Kier molecular flexibility index (Phi) is 8.51. The topological polar surface area (TPSA) is 81.4 Å². The number of amides is 1. The number of nitrogens with two attached hydrogens (primary N) is 1. The van der Waals surface area contributed by atoms with Gasteiger partial charge in [0.15, 0.2) is 12.4 Å². The monoisotopic (exact) mass is 574 g/mol. The Balaban J connectivity index is 1.76. The fraction of sp³-hybridized carbons (Fsp3) is 0.185. The number of carbonyl (C=O) groups is 2. The summed E-state index contributed by atoms with van der Waals surface area (Å²) in [5.41, 5.74) is 5.77. The second-order valence-corrected chi connectivity index (χ2v) is 9.89. The third kappa shape index (κ3) is 7.14. The van der Waals surface area contributed by atoms with Crippen molar-refractivity contribution in [3.63, 3.8) is 0 Å². The van der Waals surface area contributed by atoms with Crippen molar-refractivity contribution >= 4 is 44.9 Å². The smallest absolute Gasteiger partial charge is 0.262 e. The van der Waals surface area contributed by atoms with Crippen LogP contribution in [-0.2, 0) is 4.79 Å². The molecule has 3 aromatic carbocycles. The zero-order valence-corrected chi connectivity index (χ0v) is 22.0. The van der Waals surface area contributed by atoms with Crippen LogP contribution in [0.3, 0.4) is 0 Å². The minimum absolute atomic E-state index is 0.0563. The van der Waals surface area contributed by atoms with Gasteiger partial charge in [-0.3, -0.25) is 9.59 Å². The molecule has 0 fully saturated rings. The predicted octanol–water partition coefficient (Wildman–Crippen LogP) is 6.03. The zero-order chi connectivity index (χ0) is 26.6. The van der Waals surface area contributed by atoms with E-state index in [9.17, 15) is 18.4 Å². The molecule has 0 aliphatic carbocycles. The number of ketones is 1. The van der Waals surface area contributed by atoms with Gasteiger partial charge >= 0.3 is 0 Å². The molecule has 36 heavy (non-hydrogen) atoms. The summed E-state index contributed by atoms with van der Waals surface area (Å²) in [6.07, 6.45) is 0. The normalized spacial score (nSPS) is 10.9. The molecule has 0 saturated carbocycles. The van der Waals surface area contributed by atoms with Gasteiger partial charge in [-0.05, 0) is 69.3 Å². The molecule has 1 amide bonds. The van der Waals surface area contributed by atoms with E-state index in [1.165, 1.54) is 49.4 Å². The third-order valence-electron chi connectivity index (χ3n) is 4.85. The van der Waals surface area contributed by atoms with Gasteiger partial charge in [0.05, 0.1) is 16.7 Å². The van der Waals surface area contributed by atoms with E-state index in [4.69, 9.17) is 22.1 Å². The Labute approximate surface area is 221 Å². The Bertz CT molecular complexity index is 1390. The maximum absolute atomic E-state index is 14.7. The first-order valence-electron chi connectivity index (χ1n) is 10.7. The molecule has 0 heterocycles. The third-order valence-corrected chi connectivity index (χ3v) is 5.54. The van der Waals surface area contributed by atoms with E-state index in [2.05, 4.69) is 33.1 Å². The molecule has 0 aromatic heterocycles. The number of hydrogen-bond donors (Lipinski definition) is 2. The standard InChI is InChI=1S/C27H22BrClF2N2O3/c1-15-22(6-4-16(25(15)31)8-9-27(2,3)32)33-24(34)14-36-23-7-5-19(29)13-21(23)26(35)17-10-18(28)12-20(30)11-17/h4-7,10-13H,14,32H2,1-3H3,(H,33,34). The minimum atomic E-state index is -0.780. The maximum Gasteiger partial charge on any atom is 0.262 e. The van der Waals surface area contributed by atoms with Crippen molar-refractivity contribution < 1.29 is 23.1 Å². The van der Waals surface area contributed by atoms with Crippen molar-refractivity contribution in [2.45, 2.75) is 26.3 Å². The van der Waals surface area contributed by atoms with E-state index in [0.29, 0.717) is 4.47 Å². The molecule has 3 N–H and O–H groups in total. The van der Waals surface area contributed by atoms with E-state index in [-0.39, 0.29) is 38.7 Å². The van der Waals surface area contributed by atoms with Crippen LogP contribution in [0.15, 0.2) is 53.0 Å². The van der Waals surface area contributed by atoms with Gasteiger partial charge in [-0.1, -0.05) is 39.4 Å². The lowest BCUT2D eigenvalue weighted by molar-refractivity contribution is -0.118. The van der Waals surface area contributed by atoms with Crippen LogP contribution < -0.4 is 15.8 Å². The van der Waals surface area contributed by atoms with Crippen LogP contribution in [0.2, 0.25) is 5.02 Å². The van der Waals surface area contributed by atoms with E-state index in [1.807, 2.05) is 0 Å². The van der Waals surface area contributed by atoms with Gasteiger partial charge in [-0.25, -0.2) is 8.78 Å². The highest BCUT2D eigenvalue weighted by Crippen LogP contribution is 2.27. The maximum atomic E-state index is 14.7. The molecule has 0 atom stereocenters. The highest BCUT2D eigenvalue weighted by atomic mass is 79.9. The Morgan fingerprint density at radius 2 is 1.86 bits per heavy atom. The molecule has 0 spiro atoms. The number of carbonyl (C=O) groups excluding carboxylic acids is 2. The molecule has 3 rings (SSSR count). The van der Waals surface area contributed by atoms with E-state index in [1.54, 1.807) is 13.8 Å². The van der Waals surface area contributed by atoms with Gasteiger partial charge in [0.1, 0.15) is 17.4 Å². The van der Waals surface area contributed by atoms with Gasteiger partial charge in [0.25, 0.3) is 5.91 Å². The molecule has 0 aliphatic heterocycles. The SMILES string of the molecule is Cc1c(NC(=O)COc2ccc(Cl)cc2C(=O)c2cc(F)cc(Br)c2)ccc(C#CC(C)(C)N)c1F. The Morgan fingerprint density at radius 3 is 2.53 bits per heavy atom. The van der Waals surface area contributed by atoms with Gasteiger partial charge in [0, 0.05) is 26.3 Å². The summed E-state index contributed by atoms with van der Waals surface area (Å²) in [6, 6.07) is 11.1. The first-order chi connectivity index (χ1) is 16.8. The average molecular weight is 576 g/mol. The van der Waals surface area contributed by atoms with Crippen LogP contribution in [0.5, 0.6) is 5.75 Å². The first-order valence-corrected chi connectivity index (χ1v) is 11.9. The van der Waals surface area contributed by atoms with Gasteiger partial charge in [-0.15, -0.1) is 0 Å². The molecule has 186 valence electrons. The van der Waals surface area contributed by atoms with Crippen molar-refractivity contribution in [1.82, 2.24) is 0 Å². The van der Waals surface area contributed by atoms with Crippen molar-refractivity contribution in [2.75, 3.05) is 11.9 Å². The average Bonchev–Trinajstić information content (AvgIpc) is 2.79. The van der Waals surface area contributed by atoms with Gasteiger partial charge in [0.2, 0.25) is 0 Å². The van der Waals surface area contributed by atoms with Crippen molar-refractivity contribution in [1.29, 1.82) is 0 Å². The number of nitrogens with one attached hydrogen (secondary N) is 1. The van der Waals surface area contributed by atoms with E-state index < -0.39 is 35.5 Å². The summed E-state index contributed by atoms with van der Waals surface area (Å²) >= 11 is 9.21. The lowest BCUT2D eigenvalue weighted by Gasteiger charge is -2.13. The number of anilines is 1. The summed E-state index contributed by atoms with van der Waals surface area (Å²) in [5.74, 6) is 3.26. The first kappa shape index (κ1) is 27.3. The van der Waals surface area contributed by atoms with Gasteiger partial charge < -0.3 is 15.8 Å². The summed E-state index contributed by atoms with van der Waals surface area (Å²) in [7, 11) is 0. The molecule has 0 aliphatic rings. The number of hydrogen-bond acceptors (Lipinski definition) is 4. The molecule has 9 heteroatoms. The highest BCUT2D eigenvalue weighted by molar-refractivity contribution is 9.10. The van der Waals surface area contributed by atoms with E-state index >= 15 is 0 Å². The Hall–Kier alpha value is -3.25. The van der Waals surface area contributed by atoms with Crippen LogP contribution >= 0.6 is 27.5 Å². The molecule has 0 radical (unpaired) electrons. The van der Waals surface area contributed by atoms with Gasteiger partial charge in [-0.2, -0.15) is 0 Å². The van der Waals surface area contributed by atoms with Crippen LogP contribution in [0.4, 0.5) is 14.5 Å². The second kappa shape index (κ2) is 11.2. The quantitative estimate of drug-likeness (QED) is 0.278. The lowest BCUT2D eigenvalue weighted by Crippen LogP contribution is -2.29. The van der Waals surface area contributed by atoms with Crippen LogP contribution in [0.1, 0.15) is 40.9 Å². The summed E-state index contributed by atoms with van der Waals surface area (Å²) in [6.45, 7) is 4.45. The molecule has 5 nitrogen and oxygen atoms in total. The Morgan fingerprint density at radius 1 is 1.14 bits per heavy atom. The zero-order valence-electron chi connectivity index (χ0n) is 19.6. The second-order valence-electron chi connectivity index (χ2n) is 8.54. The number of ether oxygens (including phenoxy) is 1. The largest absolute Gasteiger partial charge is 0.483 e.